The standard InChI is InChI=1S/C19H17N3O4/c1-25-15-8-17-16(18(9-15)26-2)7-12(10-20-17)11-21-22-14-5-3-13(4-6-14)19(23)24/h3-11,22H,1-2H3,(H,23,24)/b21-11+. The largest absolute Gasteiger partial charge is 0.497 e. The highest BCUT2D eigenvalue weighted by atomic mass is 16.5. The lowest BCUT2D eigenvalue weighted by Gasteiger charge is -2.08. The van der Waals surface area contributed by atoms with Crippen LogP contribution in [0.3, 0.4) is 0 Å². The van der Waals surface area contributed by atoms with E-state index in [4.69, 9.17) is 14.6 Å². The highest BCUT2D eigenvalue weighted by Crippen LogP contribution is 2.30. The van der Waals surface area contributed by atoms with Crippen molar-refractivity contribution in [3.63, 3.8) is 0 Å². The Labute approximate surface area is 149 Å². The van der Waals surface area contributed by atoms with Crippen molar-refractivity contribution in [3.8, 4) is 11.5 Å². The zero-order chi connectivity index (χ0) is 18.5. The summed E-state index contributed by atoms with van der Waals surface area (Å²) in [4.78, 5) is 15.2. The summed E-state index contributed by atoms with van der Waals surface area (Å²) in [7, 11) is 3.19. The molecule has 0 aliphatic heterocycles. The molecule has 2 aromatic carbocycles. The van der Waals surface area contributed by atoms with Crippen LogP contribution in [0.15, 0.2) is 53.8 Å². The number of benzene rings is 2. The molecule has 0 saturated carbocycles. The van der Waals surface area contributed by atoms with Crippen molar-refractivity contribution >= 4 is 28.8 Å². The molecule has 0 aliphatic rings. The van der Waals surface area contributed by atoms with Crippen LogP contribution in [0.2, 0.25) is 0 Å². The zero-order valence-electron chi connectivity index (χ0n) is 14.3. The Morgan fingerprint density at radius 3 is 2.58 bits per heavy atom. The Balaban J connectivity index is 1.79. The molecule has 0 saturated heterocycles. The Morgan fingerprint density at radius 2 is 1.92 bits per heavy atom. The van der Waals surface area contributed by atoms with Gasteiger partial charge in [0.2, 0.25) is 0 Å². The molecule has 0 unspecified atom stereocenters. The van der Waals surface area contributed by atoms with Gasteiger partial charge in [0, 0.05) is 29.3 Å². The first kappa shape index (κ1) is 17.2. The van der Waals surface area contributed by atoms with E-state index in [-0.39, 0.29) is 5.56 Å². The topological polar surface area (TPSA) is 93.0 Å². The van der Waals surface area contributed by atoms with Gasteiger partial charge >= 0.3 is 5.97 Å². The average molecular weight is 351 g/mol. The van der Waals surface area contributed by atoms with Crippen LogP contribution in [0.4, 0.5) is 5.69 Å². The number of hydrazone groups is 1. The molecule has 1 aromatic heterocycles. The van der Waals surface area contributed by atoms with Crippen LogP contribution in [-0.4, -0.2) is 36.5 Å². The number of carboxylic acid groups (broad SMARTS) is 1. The summed E-state index contributed by atoms with van der Waals surface area (Å²) >= 11 is 0. The smallest absolute Gasteiger partial charge is 0.335 e. The van der Waals surface area contributed by atoms with Gasteiger partial charge in [-0.25, -0.2) is 4.79 Å². The summed E-state index contributed by atoms with van der Waals surface area (Å²) in [5.41, 5.74) is 5.30. The van der Waals surface area contributed by atoms with Crippen LogP contribution in [0.25, 0.3) is 10.9 Å². The van der Waals surface area contributed by atoms with Gasteiger partial charge < -0.3 is 14.6 Å². The summed E-state index contributed by atoms with van der Waals surface area (Å²) < 4.78 is 10.6. The Kier molecular flexibility index (Phi) is 4.98. The molecule has 0 bridgehead atoms. The van der Waals surface area contributed by atoms with Crippen LogP contribution < -0.4 is 14.9 Å². The zero-order valence-corrected chi connectivity index (χ0v) is 14.3. The maximum atomic E-state index is 10.8. The molecule has 0 radical (unpaired) electrons. The molecule has 26 heavy (non-hydrogen) atoms. The second-order valence-electron chi connectivity index (χ2n) is 5.42. The molecule has 0 fully saturated rings. The van der Waals surface area contributed by atoms with Gasteiger partial charge in [-0.15, -0.1) is 0 Å². The van der Waals surface area contributed by atoms with Gasteiger partial charge in [-0.3, -0.25) is 10.4 Å². The van der Waals surface area contributed by atoms with E-state index in [9.17, 15) is 4.79 Å². The van der Waals surface area contributed by atoms with Crippen LogP contribution >= 0.6 is 0 Å². The molecule has 132 valence electrons. The van der Waals surface area contributed by atoms with E-state index in [2.05, 4.69) is 15.5 Å². The van der Waals surface area contributed by atoms with Gasteiger partial charge in [0.15, 0.2) is 0 Å². The lowest BCUT2D eigenvalue weighted by Crippen LogP contribution is -1.97. The quantitative estimate of drug-likeness (QED) is 0.522. The Morgan fingerprint density at radius 1 is 1.15 bits per heavy atom. The summed E-state index contributed by atoms with van der Waals surface area (Å²) in [5.74, 6) is 0.377. The second kappa shape index (κ2) is 7.52. The highest BCUT2D eigenvalue weighted by Gasteiger charge is 2.07. The summed E-state index contributed by atoms with van der Waals surface area (Å²) in [6, 6.07) is 11.9. The van der Waals surface area contributed by atoms with Gasteiger partial charge in [-0.1, -0.05) is 0 Å². The molecular formula is C19H17N3O4. The summed E-state index contributed by atoms with van der Waals surface area (Å²) in [6.45, 7) is 0. The number of pyridine rings is 1. The Hall–Kier alpha value is -3.61. The lowest BCUT2D eigenvalue weighted by molar-refractivity contribution is 0.0697. The first-order valence-corrected chi connectivity index (χ1v) is 7.75. The fourth-order valence-electron chi connectivity index (χ4n) is 2.41. The fourth-order valence-corrected chi connectivity index (χ4v) is 2.41. The summed E-state index contributed by atoms with van der Waals surface area (Å²) in [6.07, 6.45) is 3.32. The van der Waals surface area contributed by atoms with Crippen molar-refractivity contribution in [1.29, 1.82) is 0 Å². The summed E-state index contributed by atoms with van der Waals surface area (Å²) in [5, 5.41) is 13.9. The van der Waals surface area contributed by atoms with E-state index in [1.54, 1.807) is 44.8 Å². The second-order valence-corrected chi connectivity index (χ2v) is 5.42. The van der Waals surface area contributed by atoms with Crippen molar-refractivity contribution < 1.29 is 19.4 Å². The number of carboxylic acids is 1. The van der Waals surface area contributed by atoms with Crippen molar-refractivity contribution in [2.75, 3.05) is 19.6 Å². The van der Waals surface area contributed by atoms with E-state index in [0.717, 1.165) is 16.5 Å². The molecule has 2 N–H and O–H groups in total. The molecule has 0 aliphatic carbocycles. The molecule has 1 heterocycles. The molecule has 0 amide bonds. The van der Waals surface area contributed by atoms with Gasteiger partial charge in [0.05, 0.1) is 37.2 Å². The van der Waals surface area contributed by atoms with E-state index in [1.807, 2.05) is 12.1 Å². The van der Waals surface area contributed by atoms with Crippen molar-refractivity contribution in [2.24, 2.45) is 5.10 Å². The first-order chi connectivity index (χ1) is 12.6. The molecular weight excluding hydrogens is 334 g/mol. The molecule has 0 atom stereocenters. The number of methoxy groups -OCH3 is 2. The number of nitrogens with one attached hydrogen (secondary N) is 1. The van der Waals surface area contributed by atoms with Crippen molar-refractivity contribution in [2.45, 2.75) is 0 Å². The molecule has 0 spiro atoms. The van der Waals surface area contributed by atoms with Crippen LogP contribution in [-0.2, 0) is 0 Å². The van der Waals surface area contributed by atoms with Crippen molar-refractivity contribution in [1.82, 2.24) is 4.98 Å². The van der Waals surface area contributed by atoms with Gasteiger partial charge in [0.1, 0.15) is 11.5 Å². The van der Waals surface area contributed by atoms with E-state index in [0.29, 0.717) is 17.2 Å². The maximum absolute atomic E-state index is 10.8. The predicted octanol–water partition coefficient (Wildman–Crippen LogP) is 3.40. The van der Waals surface area contributed by atoms with Crippen LogP contribution in [0.1, 0.15) is 15.9 Å². The van der Waals surface area contributed by atoms with E-state index >= 15 is 0 Å². The minimum atomic E-state index is -0.965. The number of hydrogen-bond donors (Lipinski definition) is 2. The molecule has 7 heteroatoms. The highest BCUT2D eigenvalue weighted by molar-refractivity contribution is 5.92. The van der Waals surface area contributed by atoms with Gasteiger partial charge in [0.25, 0.3) is 0 Å². The number of anilines is 1. The average Bonchev–Trinajstić information content (AvgIpc) is 2.67. The number of aromatic carboxylic acids is 1. The third-order valence-corrected chi connectivity index (χ3v) is 3.75. The number of ether oxygens (including phenoxy) is 2. The van der Waals surface area contributed by atoms with Gasteiger partial charge in [-0.2, -0.15) is 5.10 Å². The Bertz CT molecular complexity index is 968. The maximum Gasteiger partial charge on any atom is 0.335 e. The first-order valence-electron chi connectivity index (χ1n) is 7.75. The number of hydrogen-bond acceptors (Lipinski definition) is 6. The number of nitrogens with zero attached hydrogens (tertiary/aromatic N) is 2. The number of carbonyl (C=O) groups is 1. The fraction of sp³-hybridized carbons (Fsp3) is 0.105. The molecule has 3 aromatic rings. The molecule has 7 nitrogen and oxygen atoms in total. The van der Waals surface area contributed by atoms with E-state index in [1.165, 1.54) is 12.1 Å². The van der Waals surface area contributed by atoms with Gasteiger partial charge in [-0.05, 0) is 30.3 Å². The SMILES string of the molecule is COc1cc(OC)c2cc(/C=N/Nc3ccc(C(=O)O)cc3)cnc2c1. The number of aromatic nitrogens is 1. The monoisotopic (exact) mass is 351 g/mol. The molecule has 3 rings (SSSR count). The van der Waals surface area contributed by atoms with E-state index < -0.39 is 5.97 Å². The number of fused-ring (bicyclic) bond motifs is 1. The lowest BCUT2D eigenvalue weighted by atomic mass is 10.1. The van der Waals surface area contributed by atoms with Crippen LogP contribution in [0, 0.1) is 0 Å². The third-order valence-electron chi connectivity index (χ3n) is 3.75. The number of rotatable bonds is 6. The van der Waals surface area contributed by atoms with Crippen molar-refractivity contribution in [3.05, 3.63) is 59.8 Å². The van der Waals surface area contributed by atoms with Crippen LogP contribution in [0.5, 0.6) is 11.5 Å². The predicted molar refractivity (Wildman–Crippen MR) is 99.5 cm³/mol. The third kappa shape index (κ3) is 3.72. The minimum Gasteiger partial charge on any atom is -0.497 e. The minimum absolute atomic E-state index is 0.223. The normalized spacial score (nSPS) is 10.8.